The molecule has 0 saturated heterocycles. The highest BCUT2D eigenvalue weighted by atomic mass is 32.2. The molecule has 0 atom stereocenters. The Hall–Kier alpha value is -1.10. The number of nitrogens with one attached hydrogen (secondary N) is 1. The molecule has 1 aromatic heterocycles. The zero-order valence-corrected chi connectivity index (χ0v) is 13.6. The lowest BCUT2D eigenvalue weighted by Gasteiger charge is -2.13. The molecular formula is C17H23N3S. The molecule has 112 valence electrons. The van der Waals surface area contributed by atoms with E-state index in [0.29, 0.717) is 0 Å². The molecule has 2 aromatic rings. The van der Waals surface area contributed by atoms with E-state index in [4.69, 9.17) is 4.98 Å². The summed E-state index contributed by atoms with van der Waals surface area (Å²) in [5.74, 6) is 1.08. The van der Waals surface area contributed by atoms with Crippen molar-refractivity contribution in [1.29, 1.82) is 0 Å². The summed E-state index contributed by atoms with van der Waals surface area (Å²) < 4.78 is 0. The predicted octanol–water partition coefficient (Wildman–Crippen LogP) is 3.14. The topological polar surface area (TPSA) is 28.2 Å². The van der Waals surface area contributed by atoms with Gasteiger partial charge in [0.15, 0.2) is 0 Å². The molecule has 0 bridgehead atoms. The average molecular weight is 301 g/mol. The van der Waals surface area contributed by atoms with Crippen molar-refractivity contribution in [1.82, 2.24) is 15.2 Å². The van der Waals surface area contributed by atoms with E-state index in [1.165, 1.54) is 28.8 Å². The van der Waals surface area contributed by atoms with Crippen LogP contribution in [0.1, 0.15) is 18.4 Å². The van der Waals surface area contributed by atoms with Gasteiger partial charge in [0.1, 0.15) is 5.03 Å². The SMILES string of the molecule is CN(C)CCSc1nc2ccccc2cc1CNC1CC1. The summed E-state index contributed by atoms with van der Waals surface area (Å²) in [6, 6.07) is 11.4. The minimum Gasteiger partial charge on any atom is -0.310 e. The van der Waals surface area contributed by atoms with E-state index in [1.807, 2.05) is 11.8 Å². The van der Waals surface area contributed by atoms with E-state index >= 15 is 0 Å². The van der Waals surface area contributed by atoms with Crippen LogP contribution in [0.5, 0.6) is 0 Å². The Morgan fingerprint density at radius 3 is 2.86 bits per heavy atom. The van der Waals surface area contributed by atoms with Gasteiger partial charge in [0.05, 0.1) is 5.52 Å². The number of benzene rings is 1. The monoisotopic (exact) mass is 301 g/mol. The lowest BCUT2D eigenvalue weighted by Crippen LogP contribution is -2.17. The van der Waals surface area contributed by atoms with E-state index in [2.05, 4.69) is 54.6 Å². The predicted molar refractivity (Wildman–Crippen MR) is 90.9 cm³/mol. The Morgan fingerprint density at radius 2 is 2.10 bits per heavy atom. The van der Waals surface area contributed by atoms with Crippen LogP contribution in [-0.2, 0) is 6.54 Å². The lowest BCUT2D eigenvalue weighted by atomic mass is 10.1. The maximum atomic E-state index is 4.87. The molecule has 1 aliphatic rings. The summed E-state index contributed by atoms with van der Waals surface area (Å²) in [4.78, 5) is 7.09. The number of para-hydroxylation sites is 1. The second-order valence-corrected chi connectivity index (χ2v) is 7.04. The van der Waals surface area contributed by atoms with Crippen LogP contribution in [0.25, 0.3) is 10.9 Å². The van der Waals surface area contributed by atoms with Gasteiger partial charge in [-0.15, -0.1) is 11.8 Å². The van der Waals surface area contributed by atoms with E-state index in [0.717, 1.165) is 30.4 Å². The summed E-state index contributed by atoms with van der Waals surface area (Å²) in [6.07, 6.45) is 2.65. The largest absolute Gasteiger partial charge is 0.310 e. The number of rotatable bonds is 7. The van der Waals surface area contributed by atoms with E-state index < -0.39 is 0 Å². The molecule has 1 heterocycles. The van der Waals surface area contributed by atoms with Crippen molar-refractivity contribution >= 4 is 22.7 Å². The minimum atomic E-state index is 0.732. The maximum Gasteiger partial charge on any atom is 0.101 e. The van der Waals surface area contributed by atoms with E-state index in [9.17, 15) is 0 Å². The number of hydrogen-bond donors (Lipinski definition) is 1. The number of fused-ring (bicyclic) bond motifs is 1. The average Bonchev–Trinajstić information content (AvgIpc) is 3.28. The van der Waals surface area contributed by atoms with Crippen LogP contribution < -0.4 is 5.32 Å². The summed E-state index contributed by atoms with van der Waals surface area (Å²) in [6.45, 7) is 2.02. The van der Waals surface area contributed by atoms with Gasteiger partial charge in [0.2, 0.25) is 0 Å². The number of hydrogen-bond acceptors (Lipinski definition) is 4. The Labute approximate surface area is 131 Å². The zero-order chi connectivity index (χ0) is 14.7. The van der Waals surface area contributed by atoms with Gasteiger partial charge < -0.3 is 10.2 Å². The highest BCUT2D eigenvalue weighted by molar-refractivity contribution is 7.99. The summed E-state index contributed by atoms with van der Waals surface area (Å²) in [5, 5.41) is 6.04. The Balaban J connectivity index is 1.80. The van der Waals surface area contributed by atoms with Crippen LogP contribution in [0.15, 0.2) is 35.4 Å². The van der Waals surface area contributed by atoms with Crippen LogP contribution in [0.3, 0.4) is 0 Å². The molecule has 0 spiro atoms. The van der Waals surface area contributed by atoms with Crippen molar-refractivity contribution in [3.63, 3.8) is 0 Å². The molecule has 1 aromatic carbocycles. The molecule has 1 aliphatic carbocycles. The van der Waals surface area contributed by atoms with Gasteiger partial charge >= 0.3 is 0 Å². The van der Waals surface area contributed by atoms with Crippen molar-refractivity contribution < 1.29 is 0 Å². The Kier molecular flexibility index (Phi) is 4.78. The number of thioether (sulfide) groups is 1. The highest BCUT2D eigenvalue weighted by Gasteiger charge is 2.20. The zero-order valence-electron chi connectivity index (χ0n) is 12.8. The number of pyridine rings is 1. The maximum absolute atomic E-state index is 4.87. The van der Waals surface area contributed by atoms with Crippen molar-refractivity contribution in [3.05, 3.63) is 35.9 Å². The first-order valence-electron chi connectivity index (χ1n) is 7.62. The van der Waals surface area contributed by atoms with Crippen LogP contribution in [0, 0.1) is 0 Å². The minimum absolute atomic E-state index is 0.732. The molecule has 1 saturated carbocycles. The fourth-order valence-corrected chi connectivity index (χ4v) is 3.39. The summed E-state index contributed by atoms with van der Waals surface area (Å²) in [7, 11) is 4.23. The van der Waals surface area contributed by atoms with Gasteiger partial charge in [-0.1, -0.05) is 18.2 Å². The van der Waals surface area contributed by atoms with Crippen LogP contribution in [-0.4, -0.2) is 42.3 Å². The van der Waals surface area contributed by atoms with Crippen LogP contribution >= 0.6 is 11.8 Å². The van der Waals surface area contributed by atoms with Crippen molar-refractivity contribution in [3.8, 4) is 0 Å². The van der Waals surface area contributed by atoms with E-state index in [1.54, 1.807) is 0 Å². The van der Waals surface area contributed by atoms with Gasteiger partial charge in [-0.25, -0.2) is 4.98 Å². The number of nitrogens with zero attached hydrogens (tertiary/aromatic N) is 2. The smallest absolute Gasteiger partial charge is 0.101 e. The summed E-state index contributed by atoms with van der Waals surface area (Å²) in [5.41, 5.74) is 2.43. The second kappa shape index (κ2) is 6.77. The molecule has 0 unspecified atom stereocenters. The third kappa shape index (κ3) is 4.19. The van der Waals surface area contributed by atoms with Gasteiger partial charge in [0, 0.05) is 30.3 Å². The third-order valence-corrected chi connectivity index (χ3v) is 4.71. The third-order valence-electron chi connectivity index (χ3n) is 3.70. The molecule has 0 amide bonds. The van der Waals surface area contributed by atoms with Crippen molar-refractivity contribution in [2.45, 2.75) is 30.5 Å². The molecular weight excluding hydrogens is 278 g/mol. The lowest BCUT2D eigenvalue weighted by molar-refractivity contribution is 0.437. The fraction of sp³-hybridized carbons (Fsp3) is 0.471. The molecule has 21 heavy (non-hydrogen) atoms. The van der Waals surface area contributed by atoms with E-state index in [-0.39, 0.29) is 0 Å². The molecule has 1 N–H and O–H groups in total. The van der Waals surface area contributed by atoms with Crippen LogP contribution in [0.4, 0.5) is 0 Å². The molecule has 1 fully saturated rings. The van der Waals surface area contributed by atoms with Gasteiger partial charge in [-0.3, -0.25) is 0 Å². The molecule has 3 nitrogen and oxygen atoms in total. The normalized spacial score (nSPS) is 15.0. The first-order chi connectivity index (χ1) is 10.2. The fourth-order valence-electron chi connectivity index (χ4n) is 2.26. The number of aromatic nitrogens is 1. The molecule has 0 radical (unpaired) electrons. The standard InChI is InChI=1S/C17H23N3S/c1-20(2)9-10-21-17-14(12-18-15-7-8-15)11-13-5-3-4-6-16(13)19-17/h3-6,11,15,18H,7-10,12H2,1-2H3. The molecule has 3 rings (SSSR count). The molecule has 0 aliphatic heterocycles. The van der Waals surface area contributed by atoms with Gasteiger partial charge in [-0.05, 0) is 44.6 Å². The summed E-state index contributed by atoms with van der Waals surface area (Å²) >= 11 is 1.87. The van der Waals surface area contributed by atoms with Crippen molar-refractivity contribution in [2.24, 2.45) is 0 Å². The Morgan fingerprint density at radius 1 is 1.29 bits per heavy atom. The van der Waals surface area contributed by atoms with Crippen LogP contribution in [0.2, 0.25) is 0 Å². The quantitative estimate of drug-likeness (QED) is 0.795. The van der Waals surface area contributed by atoms with Gasteiger partial charge in [0.25, 0.3) is 0 Å². The molecule has 4 heteroatoms. The first kappa shape index (κ1) is 14.8. The van der Waals surface area contributed by atoms with Gasteiger partial charge in [-0.2, -0.15) is 0 Å². The first-order valence-corrected chi connectivity index (χ1v) is 8.60. The Bertz CT molecular complexity index is 608. The second-order valence-electron chi connectivity index (χ2n) is 5.95. The highest BCUT2D eigenvalue weighted by Crippen LogP contribution is 2.26. The van der Waals surface area contributed by atoms with Crippen molar-refractivity contribution in [2.75, 3.05) is 26.4 Å².